The van der Waals surface area contributed by atoms with Crippen LogP contribution in [-0.2, 0) is 10.0 Å². The Bertz CT molecular complexity index is 216. The van der Waals surface area contributed by atoms with Gasteiger partial charge in [0.1, 0.15) is 0 Å². The first kappa shape index (κ1) is 13.2. The molecule has 0 aromatic rings. The molecule has 5 heteroatoms. The summed E-state index contributed by atoms with van der Waals surface area (Å²) in [4.78, 5) is 0. The van der Waals surface area contributed by atoms with Crippen LogP contribution in [-0.4, -0.2) is 26.1 Å². The molecule has 0 saturated carbocycles. The SMILES string of the molecule is CCCC(CC)NS(=O)(=O)CCCl. The second-order valence-corrected chi connectivity index (χ2v) is 5.27. The number of alkyl halides is 1. The van der Waals surface area contributed by atoms with Crippen LogP contribution in [0.4, 0.5) is 0 Å². The van der Waals surface area contributed by atoms with Gasteiger partial charge in [0, 0.05) is 11.9 Å². The Morgan fingerprint density at radius 3 is 2.38 bits per heavy atom. The Hall–Kier alpha value is 0.200. The maximum Gasteiger partial charge on any atom is 0.213 e. The molecule has 0 spiro atoms. The van der Waals surface area contributed by atoms with Crippen molar-refractivity contribution in [2.75, 3.05) is 11.6 Å². The molecule has 0 bridgehead atoms. The zero-order valence-corrected chi connectivity index (χ0v) is 9.79. The lowest BCUT2D eigenvalue weighted by atomic mass is 10.1. The number of nitrogens with one attached hydrogen (secondary N) is 1. The van der Waals surface area contributed by atoms with Gasteiger partial charge in [0.2, 0.25) is 10.0 Å². The second kappa shape index (κ2) is 6.62. The van der Waals surface area contributed by atoms with Crippen LogP contribution in [0.3, 0.4) is 0 Å². The monoisotopic (exact) mass is 227 g/mol. The third-order valence-corrected chi connectivity index (χ3v) is 3.67. The van der Waals surface area contributed by atoms with E-state index in [2.05, 4.69) is 4.72 Å². The van der Waals surface area contributed by atoms with Crippen molar-refractivity contribution in [2.24, 2.45) is 0 Å². The van der Waals surface area contributed by atoms with Crippen molar-refractivity contribution in [1.82, 2.24) is 4.72 Å². The van der Waals surface area contributed by atoms with E-state index in [1.807, 2.05) is 13.8 Å². The van der Waals surface area contributed by atoms with Gasteiger partial charge < -0.3 is 0 Å². The summed E-state index contributed by atoms with van der Waals surface area (Å²) in [6.07, 6.45) is 2.70. The topological polar surface area (TPSA) is 46.2 Å². The van der Waals surface area contributed by atoms with Gasteiger partial charge in [-0.05, 0) is 12.8 Å². The van der Waals surface area contributed by atoms with E-state index in [9.17, 15) is 8.42 Å². The lowest BCUT2D eigenvalue weighted by molar-refractivity contribution is 0.513. The molecule has 0 aromatic heterocycles. The summed E-state index contributed by atoms with van der Waals surface area (Å²) in [7, 11) is -3.15. The first-order valence-corrected chi connectivity index (χ1v) is 6.80. The van der Waals surface area contributed by atoms with E-state index >= 15 is 0 Å². The van der Waals surface area contributed by atoms with Crippen molar-refractivity contribution < 1.29 is 8.42 Å². The fourth-order valence-electron chi connectivity index (χ4n) is 1.11. The van der Waals surface area contributed by atoms with Gasteiger partial charge in [0.05, 0.1) is 5.75 Å². The molecule has 0 heterocycles. The normalized spacial score (nSPS) is 14.4. The van der Waals surface area contributed by atoms with Crippen molar-refractivity contribution in [3.8, 4) is 0 Å². The first-order chi connectivity index (χ1) is 6.05. The van der Waals surface area contributed by atoms with E-state index in [1.165, 1.54) is 0 Å². The number of rotatable bonds is 7. The highest BCUT2D eigenvalue weighted by atomic mass is 35.5. The molecule has 3 nitrogen and oxygen atoms in total. The highest BCUT2D eigenvalue weighted by Crippen LogP contribution is 2.03. The Labute approximate surface area is 85.9 Å². The molecule has 0 rings (SSSR count). The van der Waals surface area contributed by atoms with Crippen LogP contribution in [0.15, 0.2) is 0 Å². The Kier molecular flexibility index (Phi) is 6.73. The third-order valence-electron chi connectivity index (χ3n) is 1.82. The van der Waals surface area contributed by atoms with Crippen molar-refractivity contribution in [3.63, 3.8) is 0 Å². The predicted octanol–water partition coefficient (Wildman–Crippen LogP) is 1.72. The molecule has 1 N–H and O–H groups in total. The summed E-state index contributed by atoms with van der Waals surface area (Å²) >= 11 is 5.37. The zero-order valence-electron chi connectivity index (χ0n) is 8.22. The van der Waals surface area contributed by atoms with Crippen LogP contribution >= 0.6 is 11.6 Å². The van der Waals surface area contributed by atoms with E-state index in [0.717, 1.165) is 19.3 Å². The largest absolute Gasteiger partial charge is 0.213 e. The number of hydrogen-bond donors (Lipinski definition) is 1. The fourth-order valence-corrected chi connectivity index (χ4v) is 2.83. The molecule has 0 saturated heterocycles. The van der Waals surface area contributed by atoms with E-state index in [0.29, 0.717) is 0 Å². The smallest absolute Gasteiger partial charge is 0.212 e. The molecule has 1 atom stereocenters. The molecule has 80 valence electrons. The third kappa shape index (κ3) is 6.29. The van der Waals surface area contributed by atoms with Crippen molar-refractivity contribution >= 4 is 21.6 Å². The molecule has 0 aliphatic heterocycles. The molecule has 0 aliphatic rings. The second-order valence-electron chi connectivity index (χ2n) is 3.02. The lowest BCUT2D eigenvalue weighted by Gasteiger charge is -2.15. The van der Waals surface area contributed by atoms with Crippen molar-refractivity contribution in [1.29, 1.82) is 0 Å². The minimum Gasteiger partial charge on any atom is -0.212 e. The molecule has 1 unspecified atom stereocenters. The van der Waals surface area contributed by atoms with E-state index < -0.39 is 10.0 Å². The van der Waals surface area contributed by atoms with E-state index in [1.54, 1.807) is 0 Å². The summed E-state index contributed by atoms with van der Waals surface area (Å²) < 4.78 is 25.2. The first-order valence-electron chi connectivity index (χ1n) is 4.61. The van der Waals surface area contributed by atoms with Gasteiger partial charge in [0.15, 0.2) is 0 Å². The van der Waals surface area contributed by atoms with Crippen LogP contribution < -0.4 is 4.72 Å². The van der Waals surface area contributed by atoms with E-state index in [-0.39, 0.29) is 17.7 Å². The average Bonchev–Trinajstić information content (AvgIpc) is 2.03. The van der Waals surface area contributed by atoms with E-state index in [4.69, 9.17) is 11.6 Å². The maximum absolute atomic E-state index is 11.3. The molecular weight excluding hydrogens is 210 g/mol. The van der Waals surface area contributed by atoms with Crippen LogP contribution in [0.25, 0.3) is 0 Å². The van der Waals surface area contributed by atoms with Crippen LogP contribution in [0.2, 0.25) is 0 Å². The molecule has 0 radical (unpaired) electrons. The number of sulfonamides is 1. The summed E-state index contributed by atoms with van der Waals surface area (Å²) in [6.45, 7) is 4.02. The highest BCUT2D eigenvalue weighted by molar-refractivity contribution is 7.89. The molecule has 0 amide bonds. The maximum atomic E-state index is 11.3. The molecule has 13 heavy (non-hydrogen) atoms. The molecular formula is C8H18ClNO2S. The summed E-state index contributed by atoms with van der Waals surface area (Å²) in [6, 6.07) is 0.0678. The summed E-state index contributed by atoms with van der Waals surface area (Å²) in [5.41, 5.74) is 0. The van der Waals surface area contributed by atoms with Gasteiger partial charge >= 0.3 is 0 Å². The lowest BCUT2D eigenvalue weighted by Crippen LogP contribution is -2.36. The van der Waals surface area contributed by atoms with Gasteiger partial charge in [-0.3, -0.25) is 0 Å². The summed E-state index contributed by atoms with van der Waals surface area (Å²) in [5, 5.41) is 0. The molecule has 0 aromatic carbocycles. The predicted molar refractivity (Wildman–Crippen MR) is 56.6 cm³/mol. The van der Waals surface area contributed by atoms with Crippen molar-refractivity contribution in [2.45, 2.75) is 39.2 Å². The van der Waals surface area contributed by atoms with Gasteiger partial charge in [-0.15, -0.1) is 11.6 Å². The molecule has 0 aliphatic carbocycles. The Morgan fingerprint density at radius 2 is 2.00 bits per heavy atom. The number of halogens is 1. The highest BCUT2D eigenvalue weighted by Gasteiger charge is 2.14. The van der Waals surface area contributed by atoms with Gasteiger partial charge in [0.25, 0.3) is 0 Å². The van der Waals surface area contributed by atoms with Gasteiger partial charge in [-0.1, -0.05) is 20.3 Å². The zero-order chi connectivity index (χ0) is 10.3. The van der Waals surface area contributed by atoms with Crippen molar-refractivity contribution in [3.05, 3.63) is 0 Å². The van der Waals surface area contributed by atoms with Crippen LogP contribution in [0.5, 0.6) is 0 Å². The number of hydrogen-bond acceptors (Lipinski definition) is 2. The minimum absolute atomic E-state index is 0.00870. The quantitative estimate of drug-likeness (QED) is 0.674. The van der Waals surface area contributed by atoms with Gasteiger partial charge in [-0.2, -0.15) is 0 Å². The summed E-state index contributed by atoms with van der Waals surface area (Å²) in [5.74, 6) is 0.159. The average molecular weight is 228 g/mol. The Morgan fingerprint density at radius 1 is 1.38 bits per heavy atom. The standard InChI is InChI=1S/C8H18ClNO2S/c1-3-5-8(4-2)10-13(11,12)7-6-9/h8,10H,3-7H2,1-2H3. The minimum atomic E-state index is -3.15. The molecule has 0 fully saturated rings. The fraction of sp³-hybridized carbons (Fsp3) is 1.00. The van der Waals surface area contributed by atoms with Gasteiger partial charge in [-0.25, -0.2) is 13.1 Å². The van der Waals surface area contributed by atoms with Crippen LogP contribution in [0.1, 0.15) is 33.1 Å². The Balaban J connectivity index is 4.06. The van der Waals surface area contributed by atoms with Crippen LogP contribution in [0, 0.1) is 0 Å².